The number of benzene rings is 8. The lowest BCUT2D eigenvalue weighted by Crippen LogP contribution is -2.00. The Morgan fingerprint density at radius 1 is 0.296 bits per heavy atom. The summed E-state index contributed by atoms with van der Waals surface area (Å²) in [6, 6.07) is 65.3. The molecule has 1 heterocycles. The van der Waals surface area contributed by atoms with E-state index in [0.717, 1.165) is 50.1 Å². The van der Waals surface area contributed by atoms with Gasteiger partial charge in [-0.1, -0.05) is 158 Å². The zero-order chi connectivity index (χ0) is 36.0. The molecule has 0 radical (unpaired) electrons. The van der Waals surface area contributed by atoms with Crippen LogP contribution < -0.4 is 0 Å². The van der Waals surface area contributed by atoms with Gasteiger partial charge in [-0.05, 0) is 90.7 Å². The van der Waals surface area contributed by atoms with Gasteiger partial charge in [0.05, 0.1) is 11.6 Å². The minimum absolute atomic E-state index is 0.623. The molecule has 9 aromatic rings. The minimum Gasteiger partial charge on any atom is -0.208 e. The molecular formula is C50H30N4. The summed E-state index contributed by atoms with van der Waals surface area (Å²) in [7, 11) is 0. The Bertz CT molecular complexity index is 2840. The molecule has 0 saturated heterocycles. The van der Waals surface area contributed by atoms with E-state index in [2.05, 4.69) is 103 Å². The quantitative estimate of drug-likeness (QED) is 0.175. The van der Waals surface area contributed by atoms with Crippen molar-refractivity contribution in [2.45, 2.75) is 0 Å². The van der Waals surface area contributed by atoms with E-state index in [-0.39, 0.29) is 0 Å². The summed E-state index contributed by atoms with van der Waals surface area (Å²) < 4.78 is 0. The van der Waals surface area contributed by atoms with E-state index in [0.29, 0.717) is 23.0 Å². The summed E-state index contributed by atoms with van der Waals surface area (Å²) in [6.45, 7) is 0. The first-order valence-electron chi connectivity index (χ1n) is 18.0. The van der Waals surface area contributed by atoms with Crippen LogP contribution in [0.4, 0.5) is 0 Å². The number of hydrogen-bond acceptors (Lipinski definition) is 4. The molecule has 0 spiro atoms. The van der Waals surface area contributed by atoms with Gasteiger partial charge in [-0.25, -0.2) is 15.0 Å². The third-order valence-electron chi connectivity index (χ3n) is 10.3. The maximum Gasteiger partial charge on any atom is 0.164 e. The van der Waals surface area contributed by atoms with E-state index in [4.69, 9.17) is 15.0 Å². The second kappa shape index (κ2) is 12.9. The number of aromatic nitrogens is 3. The van der Waals surface area contributed by atoms with Crippen LogP contribution in [0.3, 0.4) is 0 Å². The van der Waals surface area contributed by atoms with Gasteiger partial charge >= 0.3 is 0 Å². The Balaban J connectivity index is 1.17. The number of rotatable bonds is 6. The Kier molecular flexibility index (Phi) is 7.49. The van der Waals surface area contributed by atoms with E-state index in [1.54, 1.807) is 0 Å². The van der Waals surface area contributed by atoms with E-state index >= 15 is 0 Å². The molecule has 4 heteroatoms. The molecule has 1 aliphatic rings. The van der Waals surface area contributed by atoms with E-state index in [1.807, 2.05) is 84.9 Å². The summed E-state index contributed by atoms with van der Waals surface area (Å²) >= 11 is 0. The van der Waals surface area contributed by atoms with Gasteiger partial charge in [0, 0.05) is 16.7 Å². The monoisotopic (exact) mass is 686 g/mol. The highest BCUT2D eigenvalue weighted by Crippen LogP contribution is 2.52. The van der Waals surface area contributed by atoms with Crippen molar-refractivity contribution in [2.24, 2.45) is 0 Å². The van der Waals surface area contributed by atoms with Crippen LogP contribution in [0.25, 0.3) is 101 Å². The highest BCUT2D eigenvalue weighted by Gasteiger charge is 2.25. The smallest absolute Gasteiger partial charge is 0.164 e. The SMILES string of the molecule is N#Cc1ccc(-c2cccc(-c3ccc4c5c(ccc(-c6cccc(-c7nc(-c8ccccc8)nc(-c8ccccc8)n7)c6)c35)-c3ccccc3-4)c2)cc1. The van der Waals surface area contributed by atoms with Crippen LogP contribution in [0.1, 0.15) is 5.56 Å². The topological polar surface area (TPSA) is 62.5 Å². The van der Waals surface area contributed by atoms with E-state index < -0.39 is 0 Å². The van der Waals surface area contributed by atoms with Crippen molar-refractivity contribution >= 4 is 10.8 Å². The molecule has 0 unspecified atom stereocenters. The van der Waals surface area contributed by atoms with Gasteiger partial charge in [0.2, 0.25) is 0 Å². The zero-order valence-electron chi connectivity index (χ0n) is 29.1. The van der Waals surface area contributed by atoms with Crippen molar-refractivity contribution in [1.82, 2.24) is 15.0 Å². The summed E-state index contributed by atoms with van der Waals surface area (Å²) in [5.74, 6) is 1.90. The lowest BCUT2D eigenvalue weighted by Gasteiger charge is -2.16. The minimum atomic E-state index is 0.623. The molecule has 0 amide bonds. The lowest BCUT2D eigenvalue weighted by atomic mass is 9.87. The third kappa shape index (κ3) is 5.35. The number of hydrogen-bond donors (Lipinski definition) is 0. The number of nitrogens with zero attached hydrogens (tertiary/aromatic N) is 4. The van der Waals surface area contributed by atoms with Crippen molar-refractivity contribution in [3.05, 3.63) is 188 Å². The van der Waals surface area contributed by atoms with Gasteiger partial charge in [0.15, 0.2) is 17.5 Å². The van der Waals surface area contributed by atoms with Crippen molar-refractivity contribution < 1.29 is 0 Å². The normalized spacial score (nSPS) is 11.3. The largest absolute Gasteiger partial charge is 0.208 e. The van der Waals surface area contributed by atoms with Crippen LogP contribution in [0, 0.1) is 11.3 Å². The van der Waals surface area contributed by atoms with Crippen LogP contribution in [0.2, 0.25) is 0 Å². The van der Waals surface area contributed by atoms with Gasteiger partial charge < -0.3 is 0 Å². The maximum atomic E-state index is 9.37. The second-order valence-electron chi connectivity index (χ2n) is 13.5. The van der Waals surface area contributed by atoms with Crippen LogP contribution in [0.5, 0.6) is 0 Å². The fourth-order valence-corrected chi connectivity index (χ4v) is 7.75. The first-order chi connectivity index (χ1) is 26.7. The van der Waals surface area contributed by atoms with E-state index in [9.17, 15) is 5.26 Å². The molecule has 0 aliphatic heterocycles. The summed E-state index contributed by atoms with van der Waals surface area (Å²) in [6.07, 6.45) is 0. The van der Waals surface area contributed by atoms with Crippen molar-refractivity contribution in [2.75, 3.05) is 0 Å². The molecule has 0 saturated carbocycles. The Morgan fingerprint density at radius 2 is 0.704 bits per heavy atom. The average molecular weight is 687 g/mol. The molecule has 8 aromatic carbocycles. The molecule has 54 heavy (non-hydrogen) atoms. The molecule has 0 bridgehead atoms. The average Bonchev–Trinajstić information content (AvgIpc) is 3.59. The fraction of sp³-hybridized carbons (Fsp3) is 0. The third-order valence-corrected chi connectivity index (χ3v) is 10.3. The van der Waals surface area contributed by atoms with Crippen molar-refractivity contribution in [3.63, 3.8) is 0 Å². The van der Waals surface area contributed by atoms with Crippen molar-refractivity contribution in [1.29, 1.82) is 5.26 Å². The molecule has 10 rings (SSSR count). The molecule has 0 atom stereocenters. The first kappa shape index (κ1) is 31.3. The van der Waals surface area contributed by atoms with Gasteiger partial charge in [-0.3, -0.25) is 0 Å². The Hall–Kier alpha value is -7.48. The summed E-state index contributed by atoms with van der Waals surface area (Å²) in [5, 5.41) is 11.8. The molecule has 250 valence electrons. The van der Waals surface area contributed by atoms with Gasteiger partial charge in [0.25, 0.3) is 0 Å². The van der Waals surface area contributed by atoms with Crippen LogP contribution >= 0.6 is 0 Å². The molecule has 0 fully saturated rings. The van der Waals surface area contributed by atoms with Crippen molar-refractivity contribution in [3.8, 4) is 95.9 Å². The number of nitriles is 1. The molecule has 1 aromatic heterocycles. The lowest BCUT2D eigenvalue weighted by molar-refractivity contribution is 1.07. The van der Waals surface area contributed by atoms with Crippen LogP contribution in [-0.2, 0) is 0 Å². The molecule has 0 N–H and O–H groups in total. The van der Waals surface area contributed by atoms with Gasteiger partial charge in [-0.15, -0.1) is 0 Å². The predicted molar refractivity (Wildman–Crippen MR) is 219 cm³/mol. The first-order valence-corrected chi connectivity index (χ1v) is 18.0. The maximum absolute atomic E-state index is 9.37. The molecule has 4 nitrogen and oxygen atoms in total. The van der Waals surface area contributed by atoms with E-state index in [1.165, 1.54) is 33.0 Å². The highest BCUT2D eigenvalue weighted by molar-refractivity contribution is 6.22. The summed E-state index contributed by atoms with van der Waals surface area (Å²) in [5.41, 5.74) is 15.2. The zero-order valence-corrected chi connectivity index (χ0v) is 29.1. The Morgan fingerprint density at radius 3 is 1.24 bits per heavy atom. The van der Waals surface area contributed by atoms with Crippen LogP contribution in [0.15, 0.2) is 182 Å². The second-order valence-corrected chi connectivity index (χ2v) is 13.5. The predicted octanol–water partition coefficient (Wildman–Crippen LogP) is 12.5. The fourth-order valence-electron chi connectivity index (χ4n) is 7.75. The highest BCUT2D eigenvalue weighted by atomic mass is 15.0. The molecule has 1 aliphatic carbocycles. The summed E-state index contributed by atoms with van der Waals surface area (Å²) in [4.78, 5) is 15.0. The molecular weight excluding hydrogens is 657 g/mol. The van der Waals surface area contributed by atoms with Gasteiger partial charge in [0.1, 0.15) is 0 Å². The number of fused-ring (bicyclic) bond motifs is 3. The standard InChI is InChI=1S/C50H30N4/c51-31-32-21-23-33(24-22-32)36-15-9-16-37(29-36)40-25-27-44-42-19-7-8-20-43(42)45-28-26-41(46(40)47(44)45)38-17-10-18-39(30-38)50-53-48(34-11-3-1-4-12-34)52-49(54-50)35-13-5-2-6-14-35/h1-30H. The Labute approximate surface area is 313 Å². The van der Waals surface area contributed by atoms with Crippen LogP contribution in [-0.4, -0.2) is 15.0 Å². The van der Waals surface area contributed by atoms with Gasteiger partial charge in [-0.2, -0.15) is 5.26 Å².